The molecule has 4 aromatic rings. The first-order chi connectivity index (χ1) is 15.3. The largest absolute Gasteiger partial charge is 0.497 e. The Morgan fingerprint density at radius 3 is 2.03 bits per heavy atom. The highest BCUT2D eigenvalue weighted by Gasteiger charge is 2.15. The Hall–Kier alpha value is -3.93. The van der Waals surface area contributed by atoms with Crippen LogP contribution in [0.25, 0.3) is 11.3 Å². The molecular formula is C25H24N4O2. The third kappa shape index (κ3) is 4.98. The Kier molecular flexibility index (Phi) is 6.38. The topological polar surface area (TPSA) is 60.4 Å². The fourth-order valence-electron chi connectivity index (χ4n) is 3.36. The molecule has 0 bridgehead atoms. The lowest BCUT2D eigenvalue weighted by atomic mass is 10.1. The van der Waals surface area contributed by atoms with Crippen molar-refractivity contribution in [2.75, 3.05) is 19.1 Å². The van der Waals surface area contributed by atoms with E-state index in [1.54, 1.807) is 26.6 Å². The molecular weight excluding hydrogens is 388 g/mol. The Balaban J connectivity index is 1.72. The molecule has 3 aromatic heterocycles. The van der Waals surface area contributed by atoms with Gasteiger partial charge in [0.1, 0.15) is 17.3 Å². The van der Waals surface area contributed by atoms with Gasteiger partial charge in [-0.15, -0.1) is 0 Å². The van der Waals surface area contributed by atoms with Gasteiger partial charge in [0.25, 0.3) is 0 Å². The second kappa shape index (κ2) is 9.71. The van der Waals surface area contributed by atoms with Gasteiger partial charge in [-0.1, -0.05) is 18.2 Å². The van der Waals surface area contributed by atoms with Crippen LogP contribution in [0.5, 0.6) is 11.5 Å². The van der Waals surface area contributed by atoms with Crippen molar-refractivity contribution in [2.24, 2.45) is 0 Å². The van der Waals surface area contributed by atoms with E-state index in [0.29, 0.717) is 13.1 Å². The fourth-order valence-corrected chi connectivity index (χ4v) is 3.36. The summed E-state index contributed by atoms with van der Waals surface area (Å²) in [6.45, 7) is 1.23. The zero-order chi connectivity index (χ0) is 21.5. The van der Waals surface area contributed by atoms with Gasteiger partial charge in [0.2, 0.25) is 0 Å². The number of anilines is 1. The van der Waals surface area contributed by atoms with Gasteiger partial charge in [0, 0.05) is 18.0 Å². The van der Waals surface area contributed by atoms with Gasteiger partial charge in [-0.25, -0.2) is 4.98 Å². The Labute approximate surface area is 182 Å². The highest BCUT2D eigenvalue weighted by atomic mass is 16.5. The maximum atomic E-state index is 5.56. The minimum Gasteiger partial charge on any atom is -0.497 e. The molecule has 1 aromatic carbocycles. The third-order valence-electron chi connectivity index (χ3n) is 4.90. The van der Waals surface area contributed by atoms with E-state index in [4.69, 9.17) is 14.5 Å². The first-order valence-corrected chi connectivity index (χ1v) is 10.0. The van der Waals surface area contributed by atoms with Gasteiger partial charge in [-0.3, -0.25) is 9.97 Å². The first-order valence-electron chi connectivity index (χ1n) is 10.0. The molecule has 6 heteroatoms. The van der Waals surface area contributed by atoms with Crippen molar-refractivity contribution in [3.05, 3.63) is 96.6 Å². The minimum atomic E-state index is 0.614. The third-order valence-corrected chi connectivity index (χ3v) is 4.90. The number of nitrogens with zero attached hydrogens (tertiary/aromatic N) is 4. The van der Waals surface area contributed by atoms with Crippen LogP contribution in [0.15, 0.2) is 85.2 Å². The summed E-state index contributed by atoms with van der Waals surface area (Å²) < 4.78 is 11.0. The van der Waals surface area contributed by atoms with Crippen LogP contribution in [-0.2, 0) is 13.1 Å². The van der Waals surface area contributed by atoms with Crippen LogP contribution in [0, 0.1) is 0 Å². The number of methoxy groups -OCH3 is 2. The quantitative estimate of drug-likeness (QED) is 0.416. The highest BCUT2D eigenvalue weighted by molar-refractivity contribution is 5.70. The number of ether oxygens (including phenoxy) is 2. The Bertz CT molecular complexity index is 1080. The summed E-state index contributed by atoms with van der Waals surface area (Å²) in [7, 11) is 3.31. The predicted octanol–water partition coefficient (Wildman–Crippen LogP) is 4.76. The maximum absolute atomic E-state index is 5.56. The van der Waals surface area contributed by atoms with Crippen LogP contribution in [0.2, 0.25) is 0 Å². The van der Waals surface area contributed by atoms with Gasteiger partial charge < -0.3 is 14.4 Å². The van der Waals surface area contributed by atoms with Crippen LogP contribution in [0.4, 0.5) is 5.82 Å². The van der Waals surface area contributed by atoms with Crippen LogP contribution >= 0.6 is 0 Å². The molecule has 156 valence electrons. The second-order valence-corrected chi connectivity index (χ2v) is 6.95. The molecule has 0 saturated carbocycles. The summed E-state index contributed by atoms with van der Waals surface area (Å²) in [5, 5.41) is 0. The fraction of sp³-hybridized carbons (Fsp3) is 0.160. The summed E-state index contributed by atoms with van der Waals surface area (Å²) in [6.07, 6.45) is 3.61. The van der Waals surface area contributed by atoms with Crippen LogP contribution < -0.4 is 14.4 Å². The molecule has 0 aliphatic heterocycles. The number of hydrogen-bond donors (Lipinski definition) is 0. The van der Waals surface area contributed by atoms with E-state index in [0.717, 1.165) is 40.0 Å². The lowest BCUT2D eigenvalue weighted by Crippen LogP contribution is -2.24. The van der Waals surface area contributed by atoms with Crippen molar-refractivity contribution in [1.29, 1.82) is 0 Å². The van der Waals surface area contributed by atoms with E-state index in [9.17, 15) is 0 Å². The van der Waals surface area contributed by atoms with E-state index in [1.165, 1.54) is 0 Å². The Morgan fingerprint density at radius 2 is 1.45 bits per heavy atom. The molecule has 0 amide bonds. The first kappa shape index (κ1) is 20.3. The summed E-state index contributed by atoms with van der Waals surface area (Å²) in [5.74, 6) is 2.33. The SMILES string of the molecule is COc1ccc(OC)c(-c2cccc(N(Cc3ccccn3)Cc3ccccn3)n2)c1. The molecule has 0 aliphatic carbocycles. The lowest BCUT2D eigenvalue weighted by molar-refractivity contribution is 0.404. The van der Waals surface area contributed by atoms with Crippen LogP contribution in [0.3, 0.4) is 0 Å². The van der Waals surface area contributed by atoms with Crippen molar-refractivity contribution >= 4 is 5.82 Å². The number of aromatic nitrogens is 3. The van der Waals surface area contributed by atoms with Crippen LogP contribution in [0.1, 0.15) is 11.4 Å². The maximum Gasteiger partial charge on any atom is 0.129 e. The molecule has 4 rings (SSSR count). The summed E-state index contributed by atoms with van der Waals surface area (Å²) in [6, 6.07) is 23.5. The van der Waals surface area contributed by atoms with Gasteiger partial charge in [-0.2, -0.15) is 0 Å². The number of hydrogen-bond acceptors (Lipinski definition) is 6. The van der Waals surface area contributed by atoms with E-state index >= 15 is 0 Å². The monoisotopic (exact) mass is 412 g/mol. The van der Waals surface area contributed by atoms with Gasteiger partial charge in [0.15, 0.2) is 0 Å². The molecule has 3 heterocycles. The van der Waals surface area contributed by atoms with E-state index in [-0.39, 0.29) is 0 Å². The van der Waals surface area contributed by atoms with E-state index < -0.39 is 0 Å². The summed E-state index contributed by atoms with van der Waals surface area (Å²) in [4.78, 5) is 16.1. The standard InChI is InChI=1S/C25H24N4O2/c1-30-21-12-13-24(31-2)22(16-21)23-10-7-11-25(28-23)29(17-19-8-3-5-14-26-19)18-20-9-4-6-15-27-20/h3-16H,17-18H2,1-2H3. The molecule has 0 radical (unpaired) electrons. The average Bonchev–Trinajstić information content (AvgIpc) is 2.84. The summed E-state index contributed by atoms with van der Waals surface area (Å²) >= 11 is 0. The smallest absolute Gasteiger partial charge is 0.129 e. The van der Waals surface area contributed by atoms with Crippen LogP contribution in [-0.4, -0.2) is 29.2 Å². The average molecular weight is 412 g/mol. The molecule has 0 fully saturated rings. The van der Waals surface area contributed by atoms with Crippen molar-refractivity contribution < 1.29 is 9.47 Å². The zero-order valence-electron chi connectivity index (χ0n) is 17.6. The van der Waals surface area contributed by atoms with E-state index in [2.05, 4.69) is 14.9 Å². The van der Waals surface area contributed by atoms with Crippen molar-refractivity contribution in [2.45, 2.75) is 13.1 Å². The predicted molar refractivity (Wildman–Crippen MR) is 121 cm³/mol. The molecule has 0 spiro atoms. The number of pyridine rings is 3. The molecule has 0 unspecified atom stereocenters. The van der Waals surface area contributed by atoms with Gasteiger partial charge >= 0.3 is 0 Å². The number of rotatable bonds is 8. The normalized spacial score (nSPS) is 10.5. The number of benzene rings is 1. The molecule has 0 atom stereocenters. The van der Waals surface area contributed by atoms with Crippen molar-refractivity contribution in [3.63, 3.8) is 0 Å². The van der Waals surface area contributed by atoms with Gasteiger partial charge in [0.05, 0.1) is 44.4 Å². The molecule has 31 heavy (non-hydrogen) atoms. The van der Waals surface area contributed by atoms with Crippen molar-refractivity contribution in [3.8, 4) is 22.8 Å². The molecule has 0 N–H and O–H groups in total. The minimum absolute atomic E-state index is 0.614. The van der Waals surface area contributed by atoms with Crippen molar-refractivity contribution in [1.82, 2.24) is 15.0 Å². The highest BCUT2D eigenvalue weighted by Crippen LogP contribution is 2.33. The van der Waals surface area contributed by atoms with E-state index in [1.807, 2.05) is 72.8 Å². The lowest BCUT2D eigenvalue weighted by Gasteiger charge is -2.24. The Morgan fingerprint density at radius 1 is 0.742 bits per heavy atom. The molecule has 0 aliphatic rings. The molecule has 0 saturated heterocycles. The second-order valence-electron chi connectivity index (χ2n) is 6.95. The molecule has 6 nitrogen and oxygen atoms in total. The zero-order valence-corrected chi connectivity index (χ0v) is 17.6. The van der Waals surface area contributed by atoms with Gasteiger partial charge in [-0.05, 0) is 54.6 Å². The summed E-state index contributed by atoms with van der Waals surface area (Å²) in [5.41, 5.74) is 3.61.